The number of anilines is 2. The highest BCUT2D eigenvalue weighted by Crippen LogP contribution is 2.41. The summed E-state index contributed by atoms with van der Waals surface area (Å²) in [4.78, 5) is 12.7. The van der Waals surface area contributed by atoms with Gasteiger partial charge in [-0.15, -0.1) is 0 Å². The third kappa shape index (κ3) is 3.20. The van der Waals surface area contributed by atoms with Crippen molar-refractivity contribution in [2.45, 2.75) is 39.2 Å². The summed E-state index contributed by atoms with van der Waals surface area (Å²) < 4.78 is 1.70. The fourth-order valence-electron chi connectivity index (χ4n) is 3.94. The molecule has 0 aliphatic carbocycles. The Bertz CT molecular complexity index is 1310. The van der Waals surface area contributed by atoms with Gasteiger partial charge in [0.1, 0.15) is 11.7 Å². The highest BCUT2D eigenvalue weighted by atomic mass is 16.1. The fraction of sp³-hybridized carbons (Fsp3) is 0.261. The lowest BCUT2D eigenvalue weighted by molar-refractivity contribution is 0.564. The van der Waals surface area contributed by atoms with Gasteiger partial charge in [0.25, 0.3) is 5.56 Å². The van der Waals surface area contributed by atoms with Crippen LogP contribution in [-0.2, 0) is 5.41 Å². The Morgan fingerprint density at radius 1 is 1.00 bits per heavy atom. The molecule has 1 aliphatic rings. The van der Waals surface area contributed by atoms with Crippen LogP contribution in [-0.4, -0.2) is 30.4 Å². The minimum absolute atomic E-state index is 0.0380. The Labute approximate surface area is 179 Å². The van der Waals surface area contributed by atoms with Gasteiger partial charge in [0.05, 0.1) is 5.69 Å². The molecule has 8 heteroatoms. The predicted molar refractivity (Wildman–Crippen MR) is 119 cm³/mol. The summed E-state index contributed by atoms with van der Waals surface area (Å²) in [6.07, 6.45) is 0. The lowest BCUT2D eigenvalue weighted by atomic mass is 9.85. The second-order valence-electron chi connectivity index (χ2n) is 8.90. The molecule has 0 saturated carbocycles. The summed E-state index contributed by atoms with van der Waals surface area (Å²) in [6, 6.07) is 16.1. The number of tetrazole rings is 1. The van der Waals surface area contributed by atoms with Crippen LogP contribution in [0.1, 0.15) is 49.1 Å². The normalized spacial score (nSPS) is 15.2. The minimum Gasteiger partial charge on any atom is -0.318 e. The van der Waals surface area contributed by atoms with E-state index in [1.807, 2.05) is 31.2 Å². The van der Waals surface area contributed by atoms with Crippen LogP contribution in [0.2, 0.25) is 0 Å². The topological polar surface area (TPSA) is 101 Å². The van der Waals surface area contributed by atoms with Crippen LogP contribution in [0.5, 0.6) is 0 Å². The molecule has 2 aromatic carbocycles. The molecule has 8 nitrogen and oxygen atoms in total. The largest absolute Gasteiger partial charge is 0.318 e. The van der Waals surface area contributed by atoms with Gasteiger partial charge in [-0.25, -0.2) is 5.10 Å². The maximum atomic E-state index is 12.7. The van der Waals surface area contributed by atoms with E-state index in [4.69, 9.17) is 0 Å². The van der Waals surface area contributed by atoms with E-state index in [0.29, 0.717) is 17.3 Å². The van der Waals surface area contributed by atoms with Gasteiger partial charge < -0.3 is 5.32 Å². The Kier molecular flexibility index (Phi) is 4.25. The van der Waals surface area contributed by atoms with E-state index in [1.165, 1.54) is 5.56 Å². The van der Waals surface area contributed by atoms with Crippen LogP contribution in [0, 0.1) is 6.92 Å². The van der Waals surface area contributed by atoms with Gasteiger partial charge in [0, 0.05) is 11.1 Å². The SMILES string of the molecule is Cc1ccc(-c2n[nH]c(=O)c3c2[C@@H](c2ccc(C(C)(C)C)cc2)n2nnnc2N3)cc1. The van der Waals surface area contributed by atoms with Gasteiger partial charge in [0.2, 0.25) is 5.95 Å². The van der Waals surface area contributed by atoms with Crippen LogP contribution in [0.3, 0.4) is 0 Å². The fourth-order valence-corrected chi connectivity index (χ4v) is 3.94. The van der Waals surface area contributed by atoms with E-state index in [0.717, 1.165) is 22.3 Å². The van der Waals surface area contributed by atoms with Crippen molar-refractivity contribution >= 4 is 11.6 Å². The van der Waals surface area contributed by atoms with E-state index in [1.54, 1.807) is 4.68 Å². The molecular formula is C23H23N7O. The summed E-state index contributed by atoms with van der Waals surface area (Å²) in [5.41, 5.74) is 5.84. The Balaban J connectivity index is 1.75. The van der Waals surface area contributed by atoms with Crippen molar-refractivity contribution in [3.8, 4) is 11.3 Å². The molecular weight excluding hydrogens is 390 g/mol. The number of aryl methyl sites for hydroxylation is 1. The molecule has 1 atom stereocenters. The van der Waals surface area contributed by atoms with E-state index in [9.17, 15) is 4.79 Å². The van der Waals surface area contributed by atoms with Crippen LogP contribution in [0.25, 0.3) is 11.3 Å². The van der Waals surface area contributed by atoms with Gasteiger partial charge in [-0.05, 0) is 33.9 Å². The zero-order valence-electron chi connectivity index (χ0n) is 17.8. The third-order valence-electron chi connectivity index (χ3n) is 5.69. The average molecular weight is 413 g/mol. The molecule has 0 spiro atoms. The maximum absolute atomic E-state index is 12.7. The molecule has 0 radical (unpaired) electrons. The van der Waals surface area contributed by atoms with Crippen LogP contribution in [0.4, 0.5) is 11.6 Å². The van der Waals surface area contributed by atoms with Crippen molar-refractivity contribution in [3.05, 3.63) is 81.1 Å². The number of hydrogen-bond donors (Lipinski definition) is 2. The van der Waals surface area contributed by atoms with Crippen molar-refractivity contribution in [3.63, 3.8) is 0 Å². The molecule has 4 aromatic rings. The molecule has 0 unspecified atom stereocenters. The van der Waals surface area contributed by atoms with Crippen molar-refractivity contribution in [2.75, 3.05) is 5.32 Å². The van der Waals surface area contributed by atoms with Crippen LogP contribution < -0.4 is 10.9 Å². The minimum atomic E-state index is -0.388. The molecule has 3 heterocycles. The van der Waals surface area contributed by atoms with Crippen LogP contribution in [0.15, 0.2) is 53.3 Å². The maximum Gasteiger partial charge on any atom is 0.288 e. The first-order chi connectivity index (χ1) is 14.8. The summed E-state index contributed by atoms with van der Waals surface area (Å²) in [7, 11) is 0. The first-order valence-corrected chi connectivity index (χ1v) is 10.2. The zero-order valence-corrected chi connectivity index (χ0v) is 17.8. The second-order valence-corrected chi connectivity index (χ2v) is 8.90. The van der Waals surface area contributed by atoms with E-state index >= 15 is 0 Å². The molecule has 5 rings (SSSR count). The highest BCUT2D eigenvalue weighted by Gasteiger charge is 2.34. The van der Waals surface area contributed by atoms with Crippen molar-refractivity contribution in [2.24, 2.45) is 0 Å². The molecule has 2 N–H and O–H groups in total. The quantitative estimate of drug-likeness (QED) is 0.457. The Morgan fingerprint density at radius 3 is 2.39 bits per heavy atom. The molecule has 1 aliphatic heterocycles. The van der Waals surface area contributed by atoms with Gasteiger partial charge in [-0.1, -0.05) is 80.0 Å². The zero-order chi connectivity index (χ0) is 21.8. The summed E-state index contributed by atoms with van der Waals surface area (Å²) in [5, 5.41) is 22.2. The first-order valence-electron chi connectivity index (χ1n) is 10.2. The molecule has 0 bridgehead atoms. The molecule has 0 amide bonds. The number of H-pyrrole nitrogens is 1. The Morgan fingerprint density at radius 2 is 1.71 bits per heavy atom. The number of aromatic amines is 1. The highest BCUT2D eigenvalue weighted by molar-refractivity contribution is 5.75. The Hall–Kier alpha value is -3.81. The van der Waals surface area contributed by atoms with Crippen LogP contribution >= 0.6 is 0 Å². The number of aromatic nitrogens is 6. The lowest BCUT2D eigenvalue weighted by Crippen LogP contribution is -2.29. The molecule has 156 valence electrons. The van der Waals surface area contributed by atoms with Gasteiger partial charge >= 0.3 is 0 Å². The number of fused-ring (bicyclic) bond motifs is 2. The first kappa shape index (κ1) is 19.2. The van der Waals surface area contributed by atoms with Gasteiger partial charge in [0.15, 0.2) is 0 Å². The van der Waals surface area contributed by atoms with Gasteiger partial charge in [-0.2, -0.15) is 9.78 Å². The summed E-state index contributed by atoms with van der Waals surface area (Å²) in [6.45, 7) is 8.58. The predicted octanol–water partition coefficient (Wildman–Crippen LogP) is 3.72. The third-order valence-corrected chi connectivity index (χ3v) is 5.69. The molecule has 31 heavy (non-hydrogen) atoms. The smallest absolute Gasteiger partial charge is 0.288 e. The molecule has 0 fully saturated rings. The lowest BCUT2D eigenvalue weighted by Gasteiger charge is -2.28. The number of benzene rings is 2. The number of nitrogens with one attached hydrogen (secondary N) is 2. The van der Waals surface area contributed by atoms with E-state index < -0.39 is 0 Å². The van der Waals surface area contributed by atoms with Gasteiger partial charge in [-0.3, -0.25) is 4.79 Å². The van der Waals surface area contributed by atoms with Crippen molar-refractivity contribution in [1.29, 1.82) is 0 Å². The molecule has 2 aromatic heterocycles. The average Bonchev–Trinajstić information content (AvgIpc) is 3.21. The standard InChI is InChI=1S/C23H23N7O/c1-13-5-7-14(8-6-13)18-17-19(21(31)26-25-18)24-22-27-28-29-30(22)20(17)15-9-11-16(12-10-15)23(2,3)4/h5-12,20H,1-4H3,(H,26,31)(H,24,27,29)/t20-/m1/s1. The summed E-state index contributed by atoms with van der Waals surface area (Å²) >= 11 is 0. The monoisotopic (exact) mass is 413 g/mol. The summed E-state index contributed by atoms with van der Waals surface area (Å²) in [5.74, 6) is 0.420. The molecule has 0 saturated heterocycles. The van der Waals surface area contributed by atoms with E-state index in [2.05, 4.69) is 76.1 Å². The van der Waals surface area contributed by atoms with Crippen molar-refractivity contribution < 1.29 is 0 Å². The number of hydrogen-bond acceptors (Lipinski definition) is 6. The van der Waals surface area contributed by atoms with E-state index in [-0.39, 0.29) is 17.0 Å². The van der Waals surface area contributed by atoms with Crippen molar-refractivity contribution in [1.82, 2.24) is 30.4 Å². The number of nitrogens with zero attached hydrogens (tertiary/aromatic N) is 5. The second kappa shape index (κ2) is 6.87. The number of rotatable bonds is 2.